The van der Waals surface area contributed by atoms with Gasteiger partial charge in [-0.1, -0.05) is 42.5 Å². The van der Waals surface area contributed by atoms with Gasteiger partial charge in [0, 0.05) is 55.2 Å². The maximum absolute atomic E-state index is 13.5. The number of ether oxygens (including phenoxy) is 1. The molecule has 41 heavy (non-hydrogen) atoms. The molecule has 3 aromatic carbocycles. The van der Waals surface area contributed by atoms with E-state index >= 15 is 0 Å². The molecule has 0 aliphatic carbocycles. The number of nitrogens with one attached hydrogen (secondary N) is 3. The first-order chi connectivity index (χ1) is 20.1. The molecule has 0 radical (unpaired) electrons. The summed E-state index contributed by atoms with van der Waals surface area (Å²) in [6, 6.07) is 26.6. The number of carbonyl (C=O) groups excluding carboxylic acids is 2. The second-order valence-corrected chi connectivity index (χ2v) is 10.2. The third kappa shape index (κ3) is 7.63. The predicted molar refractivity (Wildman–Crippen MR) is 163 cm³/mol. The summed E-state index contributed by atoms with van der Waals surface area (Å²) in [5.41, 5.74) is 4.80. The zero-order valence-corrected chi connectivity index (χ0v) is 23.2. The number of anilines is 3. The number of methoxy groups -OCH3 is 1. The number of hydrogen-bond acceptors (Lipinski definition) is 5. The molecule has 0 unspecified atom stereocenters. The minimum atomic E-state index is -0.408. The first-order valence-electron chi connectivity index (χ1n) is 13.9. The quantitative estimate of drug-likeness (QED) is 0.234. The van der Waals surface area contributed by atoms with Gasteiger partial charge in [-0.2, -0.15) is 0 Å². The number of piperidine rings is 1. The molecule has 5 rings (SSSR count). The molecule has 4 aromatic rings. The third-order valence-corrected chi connectivity index (χ3v) is 7.32. The Hall–Kier alpha value is -4.85. The summed E-state index contributed by atoms with van der Waals surface area (Å²) in [7, 11) is 1.58. The van der Waals surface area contributed by atoms with Crippen molar-refractivity contribution in [3.63, 3.8) is 0 Å². The molecule has 0 bridgehead atoms. The van der Waals surface area contributed by atoms with Gasteiger partial charge in [0.15, 0.2) is 0 Å². The fraction of sp³-hybridized carbons (Fsp3) is 0.242. The molecule has 8 nitrogen and oxygen atoms in total. The van der Waals surface area contributed by atoms with Gasteiger partial charge in [-0.3, -0.25) is 9.78 Å². The second kappa shape index (κ2) is 13.5. The van der Waals surface area contributed by atoms with E-state index in [1.165, 1.54) is 5.56 Å². The fourth-order valence-corrected chi connectivity index (χ4v) is 5.17. The number of amides is 3. The van der Waals surface area contributed by atoms with Gasteiger partial charge in [0.25, 0.3) is 5.91 Å². The lowest BCUT2D eigenvalue weighted by molar-refractivity contribution is 0.0951. The van der Waals surface area contributed by atoms with Crippen molar-refractivity contribution < 1.29 is 14.3 Å². The molecule has 2 heterocycles. The SMILES string of the molecule is COc1cccc(NC(=O)Nc2ccc(N3CCC(Cc4ccccc4)CC3)c(C(=O)NCc3cccnc3)c2)c1. The van der Waals surface area contributed by atoms with Gasteiger partial charge in [-0.05, 0) is 72.7 Å². The average molecular weight is 550 g/mol. The van der Waals surface area contributed by atoms with Gasteiger partial charge in [-0.15, -0.1) is 0 Å². The number of benzene rings is 3. The molecule has 0 saturated carbocycles. The molecule has 3 N–H and O–H groups in total. The number of urea groups is 1. The molecule has 1 aromatic heterocycles. The molecule has 1 fully saturated rings. The highest BCUT2D eigenvalue weighted by Crippen LogP contribution is 2.30. The molecular formula is C33H35N5O3. The maximum atomic E-state index is 13.5. The number of carbonyl (C=O) groups is 2. The van der Waals surface area contributed by atoms with Gasteiger partial charge < -0.3 is 25.6 Å². The Morgan fingerprint density at radius 3 is 2.37 bits per heavy atom. The van der Waals surface area contributed by atoms with E-state index in [1.807, 2.05) is 36.4 Å². The lowest BCUT2D eigenvalue weighted by Crippen LogP contribution is -2.36. The van der Waals surface area contributed by atoms with Crippen LogP contribution in [0.1, 0.15) is 34.3 Å². The van der Waals surface area contributed by atoms with E-state index in [4.69, 9.17) is 4.74 Å². The molecule has 1 saturated heterocycles. The summed E-state index contributed by atoms with van der Waals surface area (Å²) in [6.07, 6.45) is 6.61. The fourth-order valence-electron chi connectivity index (χ4n) is 5.17. The van der Waals surface area contributed by atoms with Crippen LogP contribution in [-0.4, -0.2) is 37.1 Å². The lowest BCUT2D eigenvalue weighted by Gasteiger charge is -2.35. The van der Waals surface area contributed by atoms with E-state index < -0.39 is 6.03 Å². The zero-order valence-electron chi connectivity index (χ0n) is 23.2. The number of pyridine rings is 1. The second-order valence-electron chi connectivity index (χ2n) is 10.2. The summed E-state index contributed by atoms with van der Waals surface area (Å²) < 4.78 is 5.23. The first kappa shape index (κ1) is 27.7. The summed E-state index contributed by atoms with van der Waals surface area (Å²) in [4.78, 5) is 32.7. The molecule has 0 spiro atoms. The minimum absolute atomic E-state index is 0.202. The summed E-state index contributed by atoms with van der Waals surface area (Å²) in [6.45, 7) is 2.09. The van der Waals surface area contributed by atoms with Crippen molar-refractivity contribution in [1.29, 1.82) is 0 Å². The number of hydrogen-bond donors (Lipinski definition) is 3. The van der Waals surface area contributed by atoms with Gasteiger partial charge >= 0.3 is 6.03 Å². The smallest absolute Gasteiger partial charge is 0.323 e. The number of rotatable bonds is 9. The maximum Gasteiger partial charge on any atom is 0.323 e. The van der Waals surface area contributed by atoms with Crippen LogP contribution in [-0.2, 0) is 13.0 Å². The van der Waals surface area contributed by atoms with E-state index in [0.29, 0.717) is 35.2 Å². The van der Waals surface area contributed by atoms with Gasteiger partial charge in [0.1, 0.15) is 5.75 Å². The van der Waals surface area contributed by atoms with Crippen LogP contribution in [0.25, 0.3) is 0 Å². The van der Waals surface area contributed by atoms with Crippen LogP contribution in [0.2, 0.25) is 0 Å². The largest absolute Gasteiger partial charge is 0.497 e. The number of nitrogens with zero attached hydrogens (tertiary/aromatic N) is 2. The van der Waals surface area contributed by atoms with Crippen molar-refractivity contribution in [1.82, 2.24) is 10.3 Å². The monoisotopic (exact) mass is 549 g/mol. The summed E-state index contributed by atoms with van der Waals surface area (Å²) in [5, 5.41) is 8.70. The molecule has 8 heteroatoms. The van der Waals surface area contributed by atoms with E-state index in [1.54, 1.807) is 43.8 Å². The molecule has 210 valence electrons. The Bertz CT molecular complexity index is 1450. The molecular weight excluding hydrogens is 514 g/mol. The first-order valence-corrected chi connectivity index (χ1v) is 13.9. The van der Waals surface area contributed by atoms with Crippen molar-refractivity contribution in [3.05, 3.63) is 114 Å². The Morgan fingerprint density at radius 2 is 1.63 bits per heavy atom. The van der Waals surface area contributed by atoms with Gasteiger partial charge in [-0.25, -0.2) is 4.79 Å². The lowest BCUT2D eigenvalue weighted by atomic mass is 9.89. The van der Waals surface area contributed by atoms with E-state index in [2.05, 4.69) is 50.1 Å². The van der Waals surface area contributed by atoms with Crippen molar-refractivity contribution in [2.75, 3.05) is 35.7 Å². The van der Waals surface area contributed by atoms with Crippen molar-refractivity contribution in [2.24, 2.45) is 5.92 Å². The van der Waals surface area contributed by atoms with Gasteiger partial charge in [0.05, 0.1) is 12.7 Å². The highest BCUT2D eigenvalue weighted by molar-refractivity contribution is 6.04. The van der Waals surface area contributed by atoms with E-state index in [0.717, 1.165) is 43.6 Å². The Morgan fingerprint density at radius 1 is 0.878 bits per heavy atom. The van der Waals surface area contributed by atoms with Crippen molar-refractivity contribution >= 4 is 29.0 Å². The molecule has 0 atom stereocenters. The summed E-state index contributed by atoms with van der Waals surface area (Å²) in [5.74, 6) is 1.05. The highest BCUT2D eigenvalue weighted by Gasteiger charge is 2.24. The van der Waals surface area contributed by atoms with Crippen molar-refractivity contribution in [3.8, 4) is 5.75 Å². The Labute approximate surface area is 240 Å². The van der Waals surface area contributed by atoms with Gasteiger partial charge in [0.2, 0.25) is 0 Å². The Kier molecular flexibility index (Phi) is 9.11. The van der Waals surface area contributed by atoms with Crippen LogP contribution >= 0.6 is 0 Å². The van der Waals surface area contributed by atoms with Crippen molar-refractivity contribution in [2.45, 2.75) is 25.8 Å². The normalized spacial score (nSPS) is 13.3. The zero-order chi connectivity index (χ0) is 28.4. The topological polar surface area (TPSA) is 95.6 Å². The average Bonchev–Trinajstić information content (AvgIpc) is 3.01. The standard InChI is InChI=1S/C33H35N5O3/c1-41-29-11-5-10-27(20-29)36-33(40)37-28-12-13-31(30(21-28)32(39)35-23-26-9-6-16-34-22-26)38-17-14-25(15-18-38)19-24-7-3-2-4-8-24/h2-13,16,20-22,25H,14-15,17-19,23H2,1H3,(H,35,39)(H2,36,37,40). The molecule has 1 aliphatic heterocycles. The predicted octanol–water partition coefficient (Wildman–Crippen LogP) is 6.12. The summed E-state index contributed by atoms with van der Waals surface area (Å²) >= 11 is 0. The highest BCUT2D eigenvalue weighted by atomic mass is 16.5. The van der Waals surface area contributed by atoms with Crippen LogP contribution < -0.4 is 25.6 Å². The molecule has 3 amide bonds. The van der Waals surface area contributed by atoms with Crippen LogP contribution in [0, 0.1) is 5.92 Å². The number of aromatic nitrogens is 1. The van der Waals surface area contributed by atoms with E-state index in [9.17, 15) is 9.59 Å². The Balaban J connectivity index is 1.30. The third-order valence-electron chi connectivity index (χ3n) is 7.32. The van der Waals surface area contributed by atoms with Crippen LogP contribution in [0.4, 0.5) is 21.9 Å². The van der Waals surface area contributed by atoms with Crippen LogP contribution in [0.5, 0.6) is 5.75 Å². The van der Waals surface area contributed by atoms with Crippen LogP contribution in [0.3, 0.4) is 0 Å². The van der Waals surface area contributed by atoms with Crippen LogP contribution in [0.15, 0.2) is 97.3 Å². The van der Waals surface area contributed by atoms with E-state index in [-0.39, 0.29) is 5.91 Å². The minimum Gasteiger partial charge on any atom is -0.497 e. The molecule has 1 aliphatic rings.